The van der Waals surface area contributed by atoms with E-state index in [4.69, 9.17) is 14.0 Å². The summed E-state index contributed by atoms with van der Waals surface area (Å²) in [4.78, 5) is 22.5. The highest BCUT2D eigenvalue weighted by molar-refractivity contribution is 7.53. The Morgan fingerprint density at radius 1 is 1.15 bits per heavy atom. The quantitative estimate of drug-likeness (QED) is 0.677. The molecule has 2 aromatic rings. The minimum absolute atomic E-state index is 0.0141. The zero-order valence-corrected chi connectivity index (χ0v) is 15.5. The molecule has 0 bridgehead atoms. The van der Waals surface area contributed by atoms with Crippen LogP contribution in [0.2, 0.25) is 0 Å². The number of carbonyl (C=O) groups is 1. The van der Waals surface area contributed by atoms with Gasteiger partial charge in [-0.25, -0.2) is 4.79 Å². The van der Waals surface area contributed by atoms with Crippen molar-refractivity contribution in [1.29, 1.82) is 0 Å². The number of carbonyl (C=O) groups excluding carboxylic acids is 1. The summed E-state index contributed by atoms with van der Waals surface area (Å²) >= 11 is 0. The van der Waals surface area contributed by atoms with Gasteiger partial charge in [0.05, 0.1) is 13.7 Å². The van der Waals surface area contributed by atoms with Gasteiger partial charge in [0.25, 0.3) is 0 Å². The second-order valence-corrected chi connectivity index (χ2v) is 7.24. The van der Waals surface area contributed by atoms with Gasteiger partial charge in [-0.1, -0.05) is 48.5 Å². The molecule has 140 valence electrons. The van der Waals surface area contributed by atoms with Gasteiger partial charge in [-0.15, -0.1) is 0 Å². The standard InChI is InChI=1S/C18H22NO6P/c1-3-25-26(21,22)17(15-11-7-8-12-16(15)23-2)19-18(20)24-13-14-9-5-4-6-10-14/h4-12,17H,3,13H2,1-2H3,(H,19,20)(H,21,22). The first-order chi connectivity index (χ1) is 12.5. The van der Waals surface area contributed by atoms with Gasteiger partial charge in [-0.05, 0) is 18.6 Å². The smallest absolute Gasteiger partial charge is 0.408 e. The Labute approximate surface area is 152 Å². The van der Waals surface area contributed by atoms with Crippen molar-refractivity contribution in [3.63, 3.8) is 0 Å². The average Bonchev–Trinajstić information content (AvgIpc) is 2.65. The predicted octanol–water partition coefficient (Wildman–Crippen LogP) is 3.84. The van der Waals surface area contributed by atoms with Gasteiger partial charge in [0.2, 0.25) is 0 Å². The Balaban J connectivity index is 2.18. The fraction of sp³-hybridized carbons (Fsp3) is 0.278. The van der Waals surface area contributed by atoms with Crippen LogP contribution in [0.1, 0.15) is 23.8 Å². The number of hydrogen-bond acceptors (Lipinski definition) is 5. The van der Waals surface area contributed by atoms with Gasteiger partial charge in [-0.2, -0.15) is 0 Å². The van der Waals surface area contributed by atoms with E-state index >= 15 is 0 Å². The monoisotopic (exact) mass is 379 g/mol. The Bertz CT molecular complexity index is 767. The number of para-hydroxylation sites is 1. The number of amides is 1. The topological polar surface area (TPSA) is 94.1 Å². The summed E-state index contributed by atoms with van der Waals surface area (Å²) in [6, 6.07) is 15.7. The van der Waals surface area contributed by atoms with E-state index in [9.17, 15) is 14.3 Å². The third kappa shape index (κ3) is 5.33. The molecule has 0 aliphatic heterocycles. The number of benzene rings is 2. The van der Waals surface area contributed by atoms with Gasteiger partial charge in [0.1, 0.15) is 12.4 Å². The second kappa shape index (κ2) is 9.38. The van der Waals surface area contributed by atoms with E-state index in [-0.39, 0.29) is 13.2 Å². The van der Waals surface area contributed by atoms with E-state index in [1.54, 1.807) is 31.2 Å². The Morgan fingerprint density at radius 3 is 2.46 bits per heavy atom. The average molecular weight is 379 g/mol. The summed E-state index contributed by atoms with van der Waals surface area (Å²) in [6.45, 7) is 1.64. The molecule has 7 nitrogen and oxygen atoms in total. The highest BCUT2D eigenvalue weighted by Gasteiger charge is 2.37. The van der Waals surface area contributed by atoms with Crippen LogP contribution in [0.25, 0.3) is 0 Å². The number of ether oxygens (including phenoxy) is 2. The zero-order valence-electron chi connectivity index (χ0n) is 14.6. The molecule has 0 saturated heterocycles. The van der Waals surface area contributed by atoms with Crippen molar-refractivity contribution in [2.24, 2.45) is 0 Å². The van der Waals surface area contributed by atoms with Crippen molar-refractivity contribution >= 4 is 13.7 Å². The molecule has 0 saturated carbocycles. The highest BCUT2D eigenvalue weighted by atomic mass is 31.2. The molecular formula is C18H22NO6P. The molecule has 0 spiro atoms. The Kier molecular flexibility index (Phi) is 7.21. The minimum atomic E-state index is -4.21. The zero-order chi connectivity index (χ0) is 19.0. The summed E-state index contributed by atoms with van der Waals surface area (Å²) in [5.74, 6) is -0.961. The maximum atomic E-state index is 12.6. The van der Waals surface area contributed by atoms with E-state index in [1.807, 2.05) is 30.3 Å². The molecule has 0 aliphatic rings. The fourth-order valence-electron chi connectivity index (χ4n) is 2.36. The normalized spacial score (nSPS) is 14.1. The van der Waals surface area contributed by atoms with Crippen molar-refractivity contribution in [3.8, 4) is 5.75 Å². The Hall–Kier alpha value is -2.34. The first-order valence-corrected chi connectivity index (χ1v) is 9.69. The molecule has 2 unspecified atom stereocenters. The van der Waals surface area contributed by atoms with E-state index < -0.39 is 19.5 Å². The third-order valence-electron chi connectivity index (χ3n) is 3.54. The molecule has 0 aliphatic carbocycles. The molecule has 26 heavy (non-hydrogen) atoms. The maximum absolute atomic E-state index is 12.6. The van der Waals surface area contributed by atoms with E-state index in [0.29, 0.717) is 11.3 Å². The van der Waals surface area contributed by atoms with E-state index in [0.717, 1.165) is 5.56 Å². The molecule has 2 rings (SSSR count). The van der Waals surface area contributed by atoms with Crippen LogP contribution in [0, 0.1) is 0 Å². The van der Waals surface area contributed by atoms with Crippen LogP contribution in [0.5, 0.6) is 5.75 Å². The molecule has 1 amide bonds. The molecule has 0 radical (unpaired) electrons. The fourth-order valence-corrected chi connectivity index (χ4v) is 3.72. The van der Waals surface area contributed by atoms with Crippen LogP contribution >= 0.6 is 7.60 Å². The van der Waals surface area contributed by atoms with Crippen LogP contribution in [-0.4, -0.2) is 24.7 Å². The van der Waals surface area contributed by atoms with Crippen LogP contribution in [0.15, 0.2) is 54.6 Å². The Morgan fingerprint density at radius 2 is 1.81 bits per heavy atom. The number of alkyl carbamates (subject to hydrolysis) is 1. The van der Waals surface area contributed by atoms with Gasteiger partial charge in [0.15, 0.2) is 5.78 Å². The second-order valence-electron chi connectivity index (χ2n) is 5.33. The van der Waals surface area contributed by atoms with Crippen molar-refractivity contribution in [2.45, 2.75) is 19.3 Å². The highest BCUT2D eigenvalue weighted by Crippen LogP contribution is 2.56. The van der Waals surface area contributed by atoms with E-state index in [1.165, 1.54) is 7.11 Å². The van der Waals surface area contributed by atoms with Crippen molar-refractivity contribution in [3.05, 3.63) is 65.7 Å². The molecule has 0 aromatic heterocycles. The minimum Gasteiger partial charge on any atom is -0.496 e. The molecule has 2 atom stereocenters. The SMILES string of the molecule is CCOP(=O)(O)C(NC(=O)OCc1ccccc1)c1ccccc1OC. The summed E-state index contributed by atoms with van der Waals surface area (Å²) in [7, 11) is -2.77. The summed E-state index contributed by atoms with van der Waals surface area (Å²) in [6.07, 6.45) is -0.835. The lowest BCUT2D eigenvalue weighted by molar-refractivity contribution is 0.136. The summed E-state index contributed by atoms with van der Waals surface area (Å²) in [5, 5.41) is 2.42. The van der Waals surface area contributed by atoms with Crippen molar-refractivity contribution < 1.29 is 28.3 Å². The molecular weight excluding hydrogens is 357 g/mol. The van der Waals surface area contributed by atoms with Crippen LogP contribution in [-0.2, 0) is 20.4 Å². The van der Waals surface area contributed by atoms with Gasteiger partial charge in [-0.3, -0.25) is 4.57 Å². The van der Waals surface area contributed by atoms with Crippen molar-refractivity contribution in [1.82, 2.24) is 5.32 Å². The first kappa shape index (κ1) is 20.0. The van der Waals surface area contributed by atoms with Gasteiger partial charge >= 0.3 is 13.7 Å². The molecule has 8 heteroatoms. The molecule has 0 fully saturated rings. The maximum Gasteiger partial charge on any atom is 0.408 e. The summed E-state index contributed by atoms with van der Waals surface area (Å²) in [5.41, 5.74) is 1.12. The third-order valence-corrected chi connectivity index (χ3v) is 5.23. The van der Waals surface area contributed by atoms with Gasteiger partial charge in [0, 0.05) is 5.56 Å². The number of rotatable bonds is 8. The van der Waals surface area contributed by atoms with Gasteiger partial charge < -0.3 is 24.2 Å². The van der Waals surface area contributed by atoms with Crippen LogP contribution in [0.3, 0.4) is 0 Å². The predicted molar refractivity (Wildman–Crippen MR) is 96.9 cm³/mol. The van der Waals surface area contributed by atoms with E-state index in [2.05, 4.69) is 5.32 Å². The largest absolute Gasteiger partial charge is 0.496 e. The number of hydrogen-bond donors (Lipinski definition) is 2. The van der Waals surface area contributed by atoms with Crippen molar-refractivity contribution in [2.75, 3.05) is 13.7 Å². The lowest BCUT2D eigenvalue weighted by Crippen LogP contribution is -2.30. The molecule has 0 heterocycles. The van der Waals surface area contributed by atoms with Crippen LogP contribution in [0.4, 0.5) is 4.79 Å². The molecule has 2 aromatic carbocycles. The molecule has 2 N–H and O–H groups in total. The van der Waals surface area contributed by atoms with Crippen LogP contribution < -0.4 is 10.1 Å². The lowest BCUT2D eigenvalue weighted by atomic mass is 10.2. The first-order valence-electron chi connectivity index (χ1n) is 8.05. The summed E-state index contributed by atoms with van der Waals surface area (Å²) < 4.78 is 28.0. The lowest BCUT2D eigenvalue weighted by Gasteiger charge is -2.24. The number of methoxy groups -OCH3 is 1. The number of nitrogens with one attached hydrogen (secondary N) is 1.